The predicted molar refractivity (Wildman–Crippen MR) is 112 cm³/mol. The lowest BCUT2D eigenvalue weighted by atomic mass is 9.68. The van der Waals surface area contributed by atoms with Crippen LogP contribution >= 0.6 is 0 Å². The second-order valence-corrected chi connectivity index (χ2v) is 7.59. The van der Waals surface area contributed by atoms with Crippen LogP contribution in [0.2, 0.25) is 0 Å². The topological polar surface area (TPSA) is 106 Å². The highest BCUT2D eigenvalue weighted by Crippen LogP contribution is 2.41. The molecule has 0 saturated carbocycles. The van der Waals surface area contributed by atoms with Gasteiger partial charge in [0.15, 0.2) is 0 Å². The monoisotopic (exact) mass is 401 g/mol. The molecule has 2 rings (SSSR count). The van der Waals surface area contributed by atoms with E-state index in [9.17, 15) is 9.18 Å². The predicted octanol–water partition coefficient (Wildman–Crippen LogP) is 3.06. The van der Waals surface area contributed by atoms with Gasteiger partial charge in [-0.2, -0.15) is 0 Å². The number of hydrogen-bond donors (Lipinski definition) is 3. The Balaban J connectivity index is 2.40. The van der Waals surface area contributed by atoms with Gasteiger partial charge in [0.25, 0.3) is 0 Å². The number of nitrogens with zero attached hydrogens (tertiary/aromatic N) is 2. The summed E-state index contributed by atoms with van der Waals surface area (Å²) in [6, 6.07) is 7.97. The average Bonchev–Trinajstić information content (AvgIpc) is 2.68. The highest BCUT2D eigenvalue weighted by Gasteiger charge is 2.47. The summed E-state index contributed by atoms with van der Waals surface area (Å²) in [6.45, 7) is 8.51. The van der Waals surface area contributed by atoms with Gasteiger partial charge >= 0.3 is 0 Å². The summed E-state index contributed by atoms with van der Waals surface area (Å²) in [6.07, 6.45) is 1.60. The molecular formula is C21H28FN5O2. The van der Waals surface area contributed by atoms with E-state index in [2.05, 4.69) is 16.9 Å². The SMILES string of the molecule is C=C(N)N(C)C(=O)C(C)(C)[C@](C)(N)c1cc(Nc2ccc(OC)nc2)ccc1F. The molecule has 0 fully saturated rings. The van der Waals surface area contributed by atoms with E-state index in [1.54, 1.807) is 51.2 Å². The second kappa shape index (κ2) is 8.08. The van der Waals surface area contributed by atoms with Crippen LogP contribution in [-0.2, 0) is 10.3 Å². The van der Waals surface area contributed by atoms with Crippen molar-refractivity contribution in [1.29, 1.82) is 0 Å². The first kappa shape index (κ1) is 22.2. The minimum Gasteiger partial charge on any atom is -0.481 e. The van der Waals surface area contributed by atoms with Crippen LogP contribution in [0.3, 0.4) is 0 Å². The molecule has 0 aliphatic heterocycles. The quantitative estimate of drug-likeness (QED) is 0.658. The number of amides is 1. The van der Waals surface area contributed by atoms with Crippen molar-refractivity contribution < 1.29 is 13.9 Å². The molecule has 5 N–H and O–H groups in total. The Morgan fingerprint density at radius 1 is 1.24 bits per heavy atom. The lowest BCUT2D eigenvalue weighted by Gasteiger charge is -2.42. The van der Waals surface area contributed by atoms with Gasteiger partial charge in [0.05, 0.1) is 35.8 Å². The normalized spacial score (nSPS) is 13.3. The highest BCUT2D eigenvalue weighted by atomic mass is 19.1. The van der Waals surface area contributed by atoms with Gasteiger partial charge in [-0.05, 0) is 45.0 Å². The number of hydrogen-bond acceptors (Lipinski definition) is 6. The zero-order chi connectivity index (χ0) is 22.0. The van der Waals surface area contributed by atoms with Crippen LogP contribution in [0, 0.1) is 11.2 Å². The van der Waals surface area contributed by atoms with Gasteiger partial charge in [0.1, 0.15) is 5.82 Å². The van der Waals surface area contributed by atoms with E-state index < -0.39 is 16.8 Å². The van der Waals surface area contributed by atoms with Gasteiger partial charge in [-0.25, -0.2) is 9.37 Å². The molecule has 29 heavy (non-hydrogen) atoms. The smallest absolute Gasteiger partial charge is 0.235 e. The summed E-state index contributed by atoms with van der Waals surface area (Å²) >= 11 is 0. The number of nitrogens with two attached hydrogens (primary N) is 2. The summed E-state index contributed by atoms with van der Waals surface area (Å²) in [7, 11) is 3.04. The van der Waals surface area contributed by atoms with Crippen LogP contribution in [0.4, 0.5) is 15.8 Å². The molecule has 2 aromatic rings. The first-order valence-corrected chi connectivity index (χ1v) is 9.00. The molecule has 1 amide bonds. The number of nitrogens with one attached hydrogen (secondary N) is 1. The Morgan fingerprint density at radius 3 is 2.38 bits per heavy atom. The van der Waals surface area contributed by atoms with Gasteiger partial charge in [-0.3, -0.25) is 4.79 Å². The molecule has 0 bridgehead atoms. The van der Waals surface area contributed by atoms with Crippen molar-refractivity contribution in [3.05, 3.63) is 60.3 Å². The zero-order valence-corrected chi connectivity index (χ0v) is 17.4. The first-order valence-electron chi connectivity index (χ1n) is 9.00. The molecule has 1 atom stereocenters. The fraction of sp³-hybridized carbons (Fsp3) is 0.333. The van der Waals surface area contributed by atoms with E-state index in [1.165, 1.54) is 25.1 Å². The number of carbonyl (C=O) groups is 1. The number of anilines is 2. The number of benzene rings is 1. The van der Waals surface area contributed by atoms with Crippen LogP contribution < -0.4 is 21.5 Å². The van der Waals surface area contributed by atoms with Crippen molar-refractivity contribution in [2.24, 2.45) is 16.9 Å². The number of ether oxygens (including phenoxy) is 1. The number of pyridine rings is 1. The van der Waals surface area contributed by atoms with E-state index in [4.69, 9.17) is 16.2 Å². The Kier molecular flexibility index (Phi) is 6.18. The molecule has 0 unspecified atom stereocenters. The molecule has 7 nitrogen and oxygen atoms in total. The Morgan fingerprint density at radius 2 is 1.86 bits per heavy atom. The van der Waals surface area contributed by atoms with Gasteiger partial charge in [0.2, 0.25) is 11.8 Å². The van der Waals surface area contributed by atoms with Crippen LogP contribution in [0.25, 0.3) is 0 Å². The highest BCUT2D eigenvalue weighted by molar-refractivity contribution is 5.85. The van der Waals surface area contributed by atoms with Crippen LogP contribution in [0.1, 0.15) is 26.3 Å². The van der Waals surface area contributed by atoms with Gasteiger partial charge in [-0.1, -0.05) is 6.58 Å². The lowest BCUT2D eigenvalue weighted by molar-refractivity contribution is -0.141. The molecule has 8 heteroatoms. The molecule has 0 spiro atoms. The van der Waals surface area contributed by atoms with E-state index >= 15 is 0 Å². The maximum atomic E-state index is 14.8. The molecule has 0 radical (unpaired) electrons. The van der Waals surface area contributed by atoms with Crippen molar-refractivity contribution in [3.8, 4) is 5.88 Å². The van der Waals surface area contributed by atoms with Crippen LogP contribution in [-0.4, -0.2) is 29.9 Å². The summed E-state index contributed by atoms with van der Waals surface area (Å²) in [4.78, 5) is 18.3. The summed E-state index contributed by atoms with van der Waals surface area (Å²) in [5.41, 5.74) is 11.2. The van der Waals surface area contributed by atoms with Gasteiger partial charge in [-0.15, -0.1) is 0 Å². The van der Waals surface area contributed by atoms with Gasteiger partial charge < -0.3 is 26.4 Å². The second-order valence-electron chi connectivity index (χ2n) is 7.59. The number of aromatic nitrogens is 1. The van der Waals surface area contributed by atoms with Crippen molar-refractivity contribution >= 4 is 17.3 Å². The fourth-order valence-corrected chi connectivity index (χ4v) is 2.85. The van der Waals surface area contributed by atoms with Crippen molar-refractivity contribution in [2.75, 3.05) is 19.5 Å². The Bertz CT molecular complexity index is 910. The molecule has 0 aliphatic rings. The van der Waals surface area contributed by atoms with E-state index in [1.807, 2.05) is 0 Å². The van der Waals surface area contributed by atoms with Crippen molar-refractivity contribution in [1.82, 2.24) is 9.88 Å². The molecule has 1 heterocycles. The molecule has 156 valence electrons. The minimum absolute atomic E-state index is 0.0850. The number of rotatable bonds is 7. The molecule has 0 saturated heterocycles. The molecule has 1 aromatic heterocycles. The summed E-state index contributed by atoms with van der Waals surface area (Å²) in [5, 5.41) is 3.15. The minimum atomic E-state index is -1.34. The third kappa shape index (κ3) is 4.32. The number of halogens is 1. The number of carbonyl (C=O) groups excluding carboxylic acids is 1. The van der Waals surface area contributed by atoms with E-state index in [0.717, 1.165) is 0 Å². The largest absolute Gasteiger partial charge is 0.481 e. The van der Waals surface area contributed by atoms with Gasteiger partial charge in [0, 0.05) is 24.4 Å². The third-order valence-electron chi connectivity index (χ3n) is 5.33. The Hall–Kier alpha value is -3.13. The summed E-state index contributed by atoms with van der Waals surface area (Å²) < 4.78 is 19.8. The standard InChI is InChI=1S/C21H28FN5O2/c1-13(23)27(5)19(28)20(2,3)21(4,24)16-11-14(7-9-17(16)22)26-15-8-10-18(29-6)25-12-15/h7-12,26H,1,23-24H2,2-6H3/t21-/m1/s1. The average molecular weight is 401 g/mol. The van der Waals surface area contributed by atoms with Crippen LogP contribution in [0.15, 0.2) is 48.9 Å². The molecule has 1 aromatic carbocycles. The van der Waals surface area contributed by atoms with E-state index in [0.29, 0.717) is 17.3 Å². The lowest BCUT2D eigenvalue weighted by Crippen LogP contribution is -2.56. The number of methoxy groups -OCH3 is 1. The van der Waals surface area contributed by atoms with Crippen molar-refractivity contribution in [3.63, 3.8) is 0 Å². The first-order chi connectivity index (χ1) is 13.4. The maximum Gasteiger partial charge on any atom is 0.235 e. The fourth-order valence-electron chi connectivity index (χ4n) is 2.85. The zero-order valence-electron chi connectivity index (χ0n) is 17.4. The molecular weight excluding hydrogens is 373 g/mol. The van der Waals surface area contributed by atoms with Crippen molar-refractivity contribution in [2.45, 2.75) is 26.3 Å². The third-order valence-corrected chi connectivity index (χ3v) is 5.33. The Labute approximate surface area is 170 Å². The van der Waals surface area contributed by atoms with E-state index in [-0.39, 0.29) is 17.3 Å². The summed E-state index contributed by atoms with van der Waals surface area (Å²) in [5.74, 6) is -0.312. The van der Waals surface area contributed by atoms with Crippen LogP contribution in [0.5, 0.6) is 5.88 Å². The molecule has 0 aliphatic carbocycles. The maximum absolute atomic E-state index is 14.8.